The molecule has 3 N–H and O–H groups in total. The van der Waals surface area contributed by atoms with Crippen LogP contribution >= 0.6 is 0 Å². The fraction of sp³-hybridized carbons (Fsp3) is 0.444. The third-order valence-electron chi connectivity index (χ3n) is 9.49. The van der Waals surface area contributed by atoms with Crippen molar-refractivity contribution in [2.75, 3.05) is 13.7 Å². The lowest BCUT2D eigenvalue weighted by molar-refractivity contribution is -0.150. The largest absolute Gasteiger partial charge is 0.497 e. The normalized spacial score (nSPS) is 24.2. The van der Waals surface area contributed by atoms with Gasteiger partial charge in [0.1, 0.15) is 35.3 Å². The first-order valence-corrected chi connectivity index (χ1v) is 17.9. The first-order valence-electron chi connectivity index (χ1n) is 16.4. The molecule has 12 nitrogen and oxygen atoms in total. The minimum Gasteiger partial charge on any atom is -0.497 e. The second-order valence-corrected chi connectivity index (χ2v) is 16.1. The first kappa shape index (κ1) is 34.4. The minimum atomic E-state index is -3.87. The zero-order valence-electron chi connectivity index (χ0n) is 28.0. The van der Waals surface area contributed by atoms with Crippen molar-refractivity contribution in [3.63, 3.8) is 0 Å². The predicted molar refractivity (Wildman–Crippen MR) is 183 cm³/mol. The van der Waals surface area contributed by atoms with E-state index in [1.807, 2.05) is 42.5 Å². The van der Waals surface area contributed by atoms with Crippen LogP contribution in [0.1, 0.15) is 46.5 Å². The van der Waals surface area contributed by atoms with E-state index in [1.54, 1.807) is 40.0 Å². The standard InChI is InChI=1S/C36H42N4O8S/c1-6-22-19-36(22,34(44)39-49(45,46)25-13-14-25)38-32(42)29-17-24(20-40(29)33(43)31(41)35(2,3)4)48-30-18-27(21-10-8-7-9-11-21)37-28-16-23(47-5)12-15-26(28)30/h6-12,15-16,18,22,24-25,29,31,41H,1,13-14,17,19-20H2,2-5H3,(H,38,42)(H,39,44)/t22-,24-,29+,31-,36-/m1/s1. The third-order valence-corrected chi connectivity index (χ3v) is 11.3. The Morgan fingerprint density at radius 1 is 1.12 bits per heavy atom. The van der Waals surface area contributed by atoms with Gasteiger partial charge in [0, 0.05) is 35.4 Å². The number of carbonyl (C=O) groups is 3. The topological polar surface area (TPSA) is 164 Å². The van der Waals surface area contributed by atoms with Gasteiger partial charge in [-0.25, -0.2) is 13.4 Å². The van der Waals surface area contributed by atoms with Gasteiger partial charge in [0.05, 0.1) is 30.1 Å². The predicted octanol–water partition coefficient (Wildman–Crippen LogP) is 3.34. The Hall–Kier alpha value is -4.49. The summed E-state index contributed by atoms with van der Waals surface area (Å²) in [4.78, 5) is 47.3. The van der Waals surface area contributed by atoms with Crippen LogP contribution in [0.4, 0.5) is 0 Å². The van der Waals surface area contributed by atoms with Gasteiger partial charge >= 0.3 is 0 Å². The number of aromatic nitrogens is 1. The molecule has 49 heavy (non-hydrogen) atoms. The van der Waals surface area contributed by atoms with Crippen LogP contribution in [0.25, 0.3) is 22.2 Å². The molecule has 1 aliphatic heterocycles. The number of aliphatic hydroxyl groups excluding tert-OH is 1. The Morgan fingerprint density at radius 2 is 1.84 bits per heavy atom. The highest BCUT2D eigenvalue weighted by molar-refractivity contribution is 7.91. The highest BCUT2D eigenvalue weighted by atomic mass is 32.2. The molecule has 260 valence electrons. The van der Waals surface area contributed by atoms with Crippen molar-refractivity contribution in [1.29, 1.82) is 0 Å². The van der Waals surface area contributed by atoms with Crippen molar-refractivity contribution < 1.29 is 37.4 Å². The van der Waals surface area contributed by atoms with Crippen LogP contribution in [0.15, 0.2) is 67.3 Å². The van der Waals surface area contributed by atoms with E-state index in [2.05, 4.69) is 16.6 Å². The molecule has 3 amide bonds. The van der Waals surface area contributed by atoms with Gasteiger partial charge in [0.15, 0.2) is 0 Å². The number of fused-ring (bicyclic) bond motifs is 1. The van der Waals surface area contributed by atoms with Gasteiger partial charge in [-0.1, -0.05) is 57.2 Å². The second kappa shape index (κ2) is 12.8. The van der Waals surface area contributed by atoms with Crippen molar-refractivity contribution in [2.24, 2.45) is 11.3 Å². The molecule has 5 atom stereocenters. The summed E-state index contributed by atoms with van der Waals surface area (Å²) in [5.74, 6) is -1.54. The SMILES string of the molecule is C=C[C@@H]1C[C@]1(NC(=O)[C@@H]1C[C@@H](Oc2cc(-c3ccccc3)nc3cc(OC)ccc23)CN1C(=O)[C@@H](O)C(C)(C)C)C(=O)NS(=O)(=O)C1CC1. The van der Waals surface area contributed by atoms with E-state index < -0.39 is 68.1 Å². The van der Waals surface area contributed by atoms with Gasteiger partial charge < -0.3 is 24.8 Å². The van der Waals surface area contributed by atoms with Gasteiger partial charge in [0.25, 0.3) is 11.8 Å². The van der Waals surface area contributed by atoms with Gasteiger partial charge in [0.2, 0.25) is 15.9 Å². The molecular weight excluding hydrogens is 648 g/mol. The quantitative estimate of drug-likeness (QED) is 0.256. The molecule has 2 aromatic carbocycles. The van der Waals surface area contributed by atoms with E-state index in [4.69, 9.17) is 14.5 Å². The van der Waals surface area contributed by atoms with E-state index in [9.17, 15) is 27.9 Å². The summed E-state index contributed by atoms with van der Waals surface area (Å²) in [6.07, 6.45) is 0.540. The Labute approximate surface area is 285 Å². The van der Waals surface area contributed by atoms with Crippen molar-refractivity contribution in [3.8, 4) is 22.8 Å². The fourth-order valence-corrected chi connectivity index (χ4v) is 7.62. The zero-order chi connectivity index (χ0) is 35.3. The van der Waals surface area contributed by atoms with E-state index in [0.717, 1.165) is 5.56 Å². The molecule has 2 aliphatic carbocycles. The number of aliphatic hydroxyl groups is 1. The van der Waals surface area contributed by atoms with Crippen molar-refractivity contribution >= 4 is 38.6 Å². The molecule has 0 radical (unpaired) electrons. The number of benzene rings is 2. The molecule has 0 unspecified atom stereocenters. The molecule has 3 aliphatic rings. The summed E-state index contributed by atoms with van der Waals surface area (Å²) in [5.41, 5.74) is -0.220. The van der Waals surface area contributed by atoms with Crippen LogP contribution in [0.3, 0.4) is 0 Å². The average molecular weight is 691 g/mol. The van der Waals surface area contributed by atoms with Crippen molar-refractivity contribution in [3.05, 3.63) is 67.3 Å². The van der Waals surface area contributed by atoms with Crippen LogP contribution in [-0.4, -0.2) is 83.8 Å². The maximum Gasteiger partial charge on any atom is 0.259 e. The lowest BCUT2D eigenvalue weighted by atomic mass is 9.88. The van der Waals surface area contributed by atoms with E-state index in [1.165, 1.54) is 11.0 Å². The average Bonchev–Trinajstić information content (AvgIpc) is 4.00. The van der Waals surface area contributed by atoms with Crippen LogP contribution < -0.4 is 19.5 Å². The van der Waals surface area contributed by atoms with Gasteiger partial charge in [-0.3, -0.25) is 19.1 Å². The Balaban J connectivity index is 1.31. The van der Waals surface area contributed by atoms with Gasteiger partial charge in [-0.15, -0.1) is 6.58 Å². The Kier molecular flexibility index (Phi) is 8.95. The number of ether oxygens (including phenoxy) is 2. The number of pyridine rings is 1. The van der Waals surface area contributed by atoms with E-state index in [-0.39, 0.29) is 19.4 Å². The summed E-state index contributed by atoms with van der Waals surface area (Å²) < 4.78 is 39.4. The number of nitrogens with zero attached hydrogens (tertiary/aromatic N) is 2. The molecule has 2 saturated carbocycles. The molecule has 2 heterocycles. The third kappa shape index (κ3) is 6.86. The molecule has 3 aromatic rings. The van der Waals surface area contributed by atoms with E-state index >= 15 is 0 Å². The monoisotopic (exact) mass is 690 g/mol. The summed E-state index contributed by atoms with van der Waals surface area (Å²) in [7, 11) is -2.30. The number of sulfonamides is 1. The van der Waals surface area contributed by atoms with Crippen molar-refractivity contribution in [1.82, 2.24) is 19.9 Å². The number of methoxy groups -OCH3 is 1. The molecule has 1 aromatic heterocycles. The summed E-state index contributed by atoms with van der Waals surface area (Å²) >= 11 is 0. The number of likely N-dealkylation sites (tertiary alicyclic amines) is 1. The molecule has 0 spiro atoms. The summed E-state index contributed by atoms with van der Waals surface area (Å²) in [5, 5.41) is 13.9. The maximum absolute atomic E-state index is 14.1. The minimum absolute atomic E-state index is 0.0230. The number of rotatable bonds is 11. The molecular formula is C36H42N4O8S. The Morgan fingerprint density at radius 3 is 2.45 bits per heavy atom. The van der Waals surface area contributed by atoms with E-state index in [0.29, 0.717) is 40.9 Å². The lowest BCUT2D eigenvalue weighted by Crippen LogP contribution is -2.57. The van der Waals surface area contributed by atoms with Gasteiger partial charge in [-0.05, 0) is 36.8 Å². The Bertz CT molecular complexity index is 1910. The van der Waals surface area contributed by atoms with Crippen LogP contribution in [0.2, 0.25) is 0 Å². The number of hydrogen-bond acceptors (Lipinski definition) is 9. The van der Waals surface area contributed by atoms with Gasteiger partial charge in [-0.2, -0.15) is 0 Å². The number of amides is 3. The molecule has 6 rings (SSSR count). The fourth-order valence-electron chi connectivity index (χ4n) is 6.26. The molecule has 0 bridgehead atoms. The summed E-state index contributed by atoms with van der Waals surface area (Å²) in [6.45, 7) is 8.89. The molecule has 3 fully saturated rings. The molecule has 13 heteroatoms. The summed E-state index contributed by atoms with van der Waals surface area (Å²) in [6, 6.07) is 15.7. The smallest absolute Gasteiger partial charge is 0.259 e. The zero-order valence-corrected chi connectivity index (χ0v) is 28.8. The van der Waals surface area contributed by atoms with Crippen LogP contribution in [0.5, 0.6) is 11.5 Å². The highest BCUT2D eigenvalue weighted by Gasteiger charge is 2.62. The molecule has 1 saturated heterocycles. The van der Waals surface area contributed by atoms with Crippen LogP contribution in [0, 0.1) is 11.3 Å². The number of carbonyl (C=O) groups excluding carboxylic acids is 3. The van der Waals surface area contributed by atoms with Crippen molar-refractivity contribution in [2.45, 2.75) is 75.5 Å². The van der Waals surface area contributed by atoms with Crippen LogP contribution in [-0.2, 0) is 24.4 Å². The number of hydrogen-bond donors (Lipinski definition) is 3. The first-order chi connectivity index (χ1) is 23.2. The second-order valence-electron chi connectivity index (χ2n) is 14.2. The lowest BCUT2D eigenvalue weighted by Gasteiger charge is -2.32. The maximum atomic E-state index is 14.1. The number of nitrogens with one attached hydrogen (secondary N) is 2. The highest BCUT2D eigenvalue weighted by Crippen LogP contribution is 2.45.